The summed E-state index contributed by atoms with van der Waals surface area (Å²) in [6.07, 6.45) is 1.91. The Morgan fingerprint density at radius 3 is 2.32 bits per heavy atom. The number of carbonyl (C=O) groups is 1. The fourth-order valence-corrected chi connectivity index (χ4v) is 7.13. The molecule has 11 heteroatoms. The molecule has 0 fully saturated rings. The average Bonchev–Trinajstić information content (AvgIpc) is 3.64. The smallest absolute Gasteiger partial charge is 0.225 e. The lowest BCUT2D eigenvalue weighted by atomic mass is 10.0. The molecular formula is C36H35N5O4S2. The molecule has 0 bridgehead atoms. The molecule has 4 aromatic carbocycles. The van der Waals surface area contributed by atoms with Crippen molar-refractivity contribution in [2.45, 2.75) is 41.6 Å². The van der Waals surface area contributed by atoms with E-state index in [0.717, 1.165) is 39.0 Å². The van der Waals surface area contributed by atoms with Gasteiger partial charge in [-0.2, -0.15) is 0 Å². The molecule has 0 aliphatic heterocycles. The van der Waals surface area contributed by atoms with Crippen molar-refractivity contribution in [2.24, 2.45) is 0 Å². The number of H-pyrrole nitrogens is 1. The topological polar surface area (TPSA) is 119 Å². The zero-order valence-corrected chi connectivity index (χ0v) is 27.9. The third kappa shape index (κ3) is 7.42. The van der Waals surface area contributed by atoms with E-state index in [1.807, 2.05) is 102 Å². The van der Waals surface area contributed by atoms with Gasteiger partial charge in [-0.1, -0.05) is 72.4 Å². The number of hydrogen-bond donors (Lipinski definition) is 2. The van der Waals surface area contributed by atoms with E-state index in [9.17, 15) is 13.2 Å². The Morgan fingerprint density at radius 1 is 0.915 bits per heavy atom. The van der Waals surface area contributed by atoms with Gasteiger partial charge in [0.15, 0.2) is 20.8 Å². The molecule has 6 rings (SSSR count). The first-order valence-electron chi connectivity index (χ1n) is 15.1. The molecule has 0 spiro atoms. The quantitative estimate of drug-likeness (QED) is 0.145. The maximum Gasteiger partial charge on any atom is 0.225 e. The molecule has 0 saturated heterocycles. The van der Waals surface area contributed by atoms with Crippen molar-refractivity contribution in [3.63, 3.8) is 0 Å². The van der Waals surface area contributed by atoms with Gasteiger partial charge in [0.05, 0.1) is 24.5 Å². The van der Waals surface area contributed by atoms with Crippen LogP contribution >= 0.6 is 11.8 Å². The number of sulfone groups is 1. The SMILES string of the molecule is COc1ccc(-n2c(SCc3ccc(S(C)(=O)=O)cc3)nnc2[C@H](Cc2ccccc2)NC(=O)Cc2c(C)[nH]c3ccccc23)cc1. The second kappa shape index (κ2) is 13.9. The van der Waals surface area contributed by atoms with Crippen LogP contribution in [0.15, 0.2) is 113 Å². The van der Waals surface area contributed by atoms with Crippen LogP contribution in [0.2, 0.25) is 0 Å². The molecule has 0 radical (unpaired) electrons. The number of aryl methyl sites for hydroxylation is 1. The molecule has 1 atom stereocenters. The summed E-state index contributed by atoms with van der Waals surface area (Å²) >= 11 is 1.48. The molecule has 47 heavy (non-hydrogen) atoms. The minimum atomic E-state index is -3.29. The van der Waals surface area contributed by atoms with E-state index in [-0.39, 0.29) is 17.2 Å². The Hall–Kier alpha value is -4.87. The van der Waals surface area contributed by atoms with Gasteiger partial charge in [0.25, 0.3) is 0 Å². The van der Waals surface area contributed by atoms with E-state index >= 15 is 0 Å². The van der Waals surface area contributed by atoms with Crippen molar-refractivity contribution < 1.29 is 17.9 Å². The monoisotopic (exact) mass is 665 g/mol. The molecule has 0 saturated carbocycles. The number of thioether (sulfide) groups is 1. The normalized spacial score (nSPS) is 12.2. The van der Waals surface area contributed by atoms with Gasteiger partial charge in [0.2, 0.25) is 5.91 Å². The van der Waals surface area contributed by atoms with E-state index < -0.39 is 15.9 Å². The number of benzene rings is 4. The molecule has 2 heterocycles. The number of aromatic nitrogens is 4. The highest BCUT2D eigenvalue weighted by Crippen LogP contribution is 2.31. The molecular weight excluding hydrogens is 631 g/mol. The molecule has 0 unspecified atom stereocenters. The molecule has 240 valence electrons. The second-order valence-electron chi connectivity index (χ2n) is 11.3. The lowest BCUT2D eigenvalue weighted by Gasteiger charge is -2.20. The van der Waals surface area contributed by atoms with Crippen LogP contribution in [0.3, 0.4) is 0 Å². The van der Waals surface area contributed by atoms with Gasteiger partial charge < -0.3 is 15.0 Å². The van der Waals surface area contributed by atoms with Gasteiger partial charge >= 0.3 is 0 Å². The lowest BCUT2D eigenvalue weighted by Crippen LogP contribution is -2.33. The summed E-state index contributed by atoms with van der Waals surface area (Å²) in [4.78, 5) is 17.4. The van der Waals surface area contributed by atoms with Crippen molar-refractivity contribution in [3.05, 3.63) is 131 Å². The number of hydrogen-bond acceptors (Lipinski definition) is 7. The van der Waals surface area contributed by atoms with Crippen LogP contribution in [-0.4, -0.2) is 47.4 Å². The van der Waals surface area contributed by atoms with Gasteiger partial charge in [0, 0.05) is 34.3 Å². The summed E-state index contributed by atoms with van der Waals surface area (Å²) in [5.41, 5.74) is 5.74. The number of amides is 1. The summed E-state index contributed by atoms with van der Waals surface area (Å²) < 4.78 is 31.3. The number of fused-ring (bicyclic) bond motifs is 1. The highest BCUT2D eigenvalue weighted by molar-refractivity contribution is 7.98. The zero-order valence-electron chi connectivity index (χ0n) is 26.3. The number of carbonyl (C=O) groups excluding carboxylic acids is 1. The van der Waals surface area contributed by atoms with Crippen molar-refractivity contribution in [2.75, 3.05) is 13.4 Å². The number of rotatable bonds is 12. The van der Waals surface area contributed by atoms with Crippen molar-refractivity contribution in [1.82, 2.24) is 25.1 Å². The fraction of sp³-hybridized carbons (Fsp3) is 0.194. The van der Waals surface area contributed by atoms with Crippen LogP contribution in [0.5, 0.6) is 5.75 Å². The first-order chi connectivity index (χ1) is 22.7. The van der Waals surface area contributed by atoms with Crippen LogP contribution in [-0.2, 0) is 33.2 Å². The van der Waals surface area contributed by atoms with Crippen molar-refractivity contribution in [1.29, 1.82) is 0 Å². The van der Waals surface area contributed by atoms with Gasteiger partial charge in [0.1, 0.15) is 5.75 Å². The summed E-state index contributed by atoms with van der Waals surface area (Å²) in [5, 5.41) is 14.2. The fourth-order valence-electron chi connectivity index (χ4n) is 5.58. The maximum absolute atomic E-state index is 13.8. The highest BCUT2D eigenvalue weighted by Gasteiger charge is 2.26. The molecule has 0 aliphatic carbocycles. The Kier molecular flexibility index (Phi) is 9.46. The van der Waals surface area contributed by atoms with Gasteiger partial charge in [-0.05, 0) is 72.5 Å². The maximum atomic E-state index is 13.8. The van der Waals surface area contributed by atoms with Gasteiger partial charge in [-0.25, -0.2) is 8.42 Å². The lowest BCUT2D eigenvalue weighted by molar-refractivity contribution is -0.121. The Balaban J connectivity index is 1.35. The third-order valence-corrected chi connectivity index (χ3v) is 10.1. The first kappa shape index (κ1) is 32.1. The number of methoxy groups -OCH3 is 1. The molecule has 6 aromatic rings. The summed E-state index contributed by atoms with van der Waals surface area (Å²) in [5.74, 6) is 1.72. The van der Waals surface area contributed by atoms with Crippen LogP contribution < -0.4 is 10.1 Å². The minimum Gasteiger partial charge on any atom is -0.497 e. The molecule has 0 aliphatic rings. The molecule has 2 N–H and O–H groups in total. The zero-order chi connectivity index (χ0) is 33.0. The van der Waals surface area contributed by atoms with Crippen LogP contribution in [0.4, 0.5) is 0 Å². The molecule has 1 amide bonds. The Bertz CT molecular complexity index is 2110. The van der Waals surface area contributed by atoms with E-state index in [4.69, 9.17) is 4.74 Å². The summed E-state index contributed by atoms with van der Waals surface area (Å²) in [6.45, 7) is 1.99. The number of nitrogens with one attached hydrogen (secondary N) is 2. The standard InChI is InChI=1S/C36H35N5O4S2/c1-24-31(30-11-7-8-12-32(30)37-24)22-34(42)38-33(21-25-9-5-4-6-10-25)35-39-40-36(41(35)27-15-17-28(45-2)18-16-27)46-23-26-13-19-29(20-14-26)47(3,43)44/h4-20,33,37H,21-23H2,1-3H3,(H,38,42)/t33-/m0/s1. The predicted octanol–water partition coefficient (Wildman–Crippen LogP) is 6.40. The average molecular weight is 666 g/mol. The second-order valence-corrected chi connectivity index (χ2v) is 14.3. The van der Waals surface area contributed by atoms with Crippen LogP contribution in [0, 0.1) is 6.92 Å². The van der Waals surface area contributed by atoms with Crippen molar-refractivity contribution in [3.8, 4) is 11.4 Å². The Labute approximate surface area is 278 Å². The first-order valence-corrected chi connectivity index (χ1v) is 18.0. The summed E-state index contributed by atoms with van der Waals surface area (Å²) in [7, 11) is -1.67. The number of para-hydroxylation sites is 1. The predicted molar refractivity (Wildman–Crippen MR) is 185 cm³/mol. The number of nitrogens with zero attached hydrogens (tertiary/aromatic N) is 3. The molecule has 2 aromatic heterocycles. The number of aromatic amines is 1. The van der Waals surface area contributed by atoms with Gasteiger partial charge in [-0.15, -0.1) is 10.2 Å². The van der Waals surface area contributed by atoms with E-state index in [1.54, 1.807) is 19.2 Å². The van der Waals surface area contributed by atoms with E-state index in [2.05, 4.69) is 20.5 Å². The van der Waals surface area contributed by atoms with Crippen molar-refractivity contribution >= 4 is 38.4 Å². The Morgan fingerprint density at radius 2 is 1.62 bits per heavy atom. The number of ether oxygens (including phenoxy) is 1. The minimum absolute atomic E-state index is 0.122. The van der Waals surface area contributed by atoms with Crippen LogP contribution in [0.25, 0.3) is 16.6 Å². The van der Waals surface area contributed by atoms with E-state index in [0.29, 0.717) is 28.9 Å². The third-order valence-electron chi connectivity index (χ3n) is 8.00. The molecule has 9 nitrogen and oxygen atoms in total. The van der Waals surface area contributed by atoms with Crippen LogP contribution in [0.1, 0.15) is 34.3 Å². The summed E-state index contributed by atoms with van der Waals surface area (Å²) in [6, 6.07) is 32.0. The van der Waals surface area contributed by atoms with Gasteiger partial charge in [-0.3, -0.25) is 9.36 Å². The van der Waals surface area contributed by atoms with E-state index in [1.165, 1.54) is 18.0 Å². The largest absolute Gasteiger partial charge is 0.497 e. The highest BCUT2D eigenvalue weighted by atomic mass is 32.2.